The predicted molar refractivity (Wildman–Crippen MR) is 72.8 cm³/mol. The first-order valence-corrected chi connectivity index (χ1v) is 5.98. The fourth-order valence-electron chi connectivity index (χ4n) is 1.94. The summed E-state index contributed by atoms with van der Waals surface area (Å²) >= 11 is 0. The Morgan fingerprint density at radius 3 is 2.79 bits per heavy atom. The van der Waals surface area contributed by atoms with Crippen molar-refractivity contribution in [2.45, 2.75) is 20.4 Å². The topological polar surface area (TPSA) is 85.8 Å². The van der Waals surface area contributed by atoms with Gasteiger partial charge in [0.2, 0.25) is 0 Å². The molecule has 3 N–H and O–H groups in total. The van der Waals surface area contributed by atoms with Gasteiger partial charge >= 0.3 is 0 Å². The van der Waals surface area contributed by atoms with Gasteiger partial charge in [0.25, 0.3) is 5.91 Å². The quantitative estimate of drug-likeness (QED) is 0.862. The van der Waals surface area contributed by atoms with E-state index in [9.17, 15) is 4.79 Å². The summed E-state index contributed by atoms with van der Waals surface area (Å²) < 4.78 is 1.85. The molecule has 0 unspecified atom stereocenters. The zero-order valence-corrected chi connectivity index (χ0v) is 11.3. The minimum atomic E-state index is -0.530. The van der Waals surface area contributed by atoms with Gasteiger partial charge in [0.1, 0.15) is 5.69 Å². The average molecular weight is 259 g/mol. The van der Waals surface area contributed by atoms with Gasteiger partial charge in [-0.15, -0.1) is 0 Å². The van der Waals surface area contributed by atoms with E-state index in [-0.39, 0.29) is 5.69 Å². The second kappa shape index (κ2) is 5.09. The molecule has 19 heavy (non-hydrogen) atoms. The van der Waals surface area contributed by atoms with Gasteiger partial charge in [-0.25, -0.2) is 0 Å². The van der Waals surface area contributed by atoms with Crippen LogP contribution in [-0.4, -0.2) is 20.7 Å². The Labute approximate surface area is 111 Å². The molecule has 2 aromatic heterocycles. The van der Waals surface area contributed by atoms with Crippen LogP contribution in [0, 0.1) is 13.8 Å². The average Bonchev–Trinajstić information content (AvgIpc) is 2.61. The molecule has 0 saturated heterocycles. The van der Waals surface area contributed by atoms with Crippen LogP contribution < -0.4 is 11.1 Å². The number of carbonyl (C=O) groups excluding carboxylic acids is 1. The van der Waals surface area contributed by atoms with Crippen LogP contribution in [0.25, 0.3) is 0 Å². The van der Waals surface area contributed by atoms with Crippen LogP contribution in [0.5, 0.6) is 0 Å². The molecule has 0 fully saturated rings. The van der Waals surface area contributed by atoms with Crippen LogP contribution in [0.4, 0.5) is 5.69 Å². The minimum Gasteiger partial charge on any atom is -0.381 e. The number of hydrogen-bond acceptors (Lipinski definition) is 4. The van der Waals surface area contributed by atoms with Crippen LogP contribution in [-0.2, 0) is 13.6 Å². The number of nitrogens with one attached hydrogen (secondary N) is 1. The number of primary amides is 1. The molecule has 0 radical (unpaired) electrons. The Morgan fingerprint density at radius 2 is 2.21 bits per heavy atom. The number of pyridine rings is 1. The number of nitrogens with zero attached hydrogens (tertiary/aromatic N) is 3. The van der Waals surface area contributed by atoms with Crippen LogP contribution in [0.15, 0.2) is 18.3 Å². The fourth-order valence-corrected chi connectivity index (χ4v) is 1.94. The fraction of sp³-hybridized carbons (Fsp3) is 0.308. The molecule has 0 aliphatic rings. The minimum absolute atomic E-state index is 0.254. The monoisotopic (exact) mass is 259 g/mol. The van der Waals surface area contributed by atoms with Gasteiger partial charge in [0.05, 0.1) is 5.69 Å². The van der Waals surface area contributed by atoms with Crippen molar-refractivity contribution in [3.63, 3.8) is 0 Å². The van der Waals surface area contributed by atoms with Gasteiger partial charge < -0.3 is 11.1 Å². The van der Waals surface area contributed by atoms with Crippen molar-refractivity contribution in [3.05, 3.63) is 41.0 Å². The van der Waals surface area contributed by atoms with Gasteiger partial charge in [0.15, 0.2) is 0 Å². The Hall–Kier alpha value is -2.37. The molecule has 0 aromatic carbocycles. The van der Waals surface area contributed by atoms with E-state index in [0.717, 1.165) is 22.6 Å². The number of amides is 1. The maximum atomic E-state index is 11.1. The van der Waals surface area contributed by atoms with E-state index in [0.29, 0.717) is 6.54 Å². The third-order valence-corrected chi connectivity index (χ3v) is 3.14. The molecule has 1 amide bonds. The van der Waals surface area contributed by atoms with E-state index in [1.165, 1.54) is 0 Å². The molecule has 0 atom stereocenters. The number of rotatable bonds is 4. The van der Waals surface area contributed by atoms with Crippen molar-refractivity contribution in [3.8, 4) is 0 Å². The third kappa shape index (κ3) is 2.73. The van der Waals surface area contributed by atoms with Crippen molar-refractivity contribution < 1.29 is 4.79 Å². The highest BCUT2D eigenvalue weighted by Crippen LogP contribution is 2.15. The number of anilines is 1. The molecule has 0 aliphatic carbocycles. The van der Waals surface area contributed by atoms with Crippen LogP contribution in [0.1, 0.15) is 27.4 Å². The van der Waals surface area contributed by atoms with Gasteiger partial charge in [-0.05, 0) is 26.0 Å². The van der Waals surface area contributed by atoms with Crippen molar-refractivity contribution in [2.75, 3.05) is 5.32 Å². The summed E-state index contributed by atoms with van der Waals surface area (Å²) in [5.41, 5.74) is 9.53. The van der Waals surface area contributed by atoms with Gasteiger partial charge in [0, 0.05) is 36.7 Å². The number of nitrogens with two attached hydrogens (primary N) is 1. The third-order valence-electron chi connectivity index (χ3n) is 3.14. The van der Waals surface area contributed by atoms with Gasteiger partial charge in [-0.3, -0.25) is 14.5 Å². The van der Waals surface area contributed by atoms with Crippen molar-refractivity contribution in [2.24, 2.45) is 12.8 Å². The highest BCUT2D eigenvalue weighted by Gasteiger charge is 2.09. The molecule has 0 aliphatic heterocycles. The van der Waals surface area contributed by atoms with E-state index in [1.54, 1.807) is 18.3 Å². The summed E-state index contributed by atoms with van der Waals surface area (Å²) in [5, 5.41) is 7.61. The molecular formula is C13H17N5O. The summed E-state index contributed by atoms with van der Waals surface area (Å²) in [4.78, 5) is 15.0. The van der Waals surface area contributed by atoms with Crippen LogP contribution in [0.3, 0.4) is 0 Å². The molecule has 100 valence electrons. The highest BCUT2D eigenvalue weighted by molar-refractivity contribution is 5.91. The smallest absolute Gasteiger partial charge is 0.267 e. The van der Waals surface area contributed by atoms with E-state index >= 15 is 0 Å². The molecule has 6 nitrogen and oxygen atoms in total. The SMILES string of the molecule is Cc1nn(C)c(C)c1CNc1ccnc(C(N)=O)c1. The van der Waals surface area contributed by atoms with Crippen molar-refractivity contribution in [1.29, 1.82) is 0 Å². The van der Waals surface area contributed by atoms with E-state index < -0.39 is 5.91 Å². The Balaban J connectivity index is 2.14. The number of aryl methyl sites for hydroxylation is 2. The van der Waals surface area contributed by atoms with E-state index in [2.05, 4.69) is 15.4 Å². The number of carbonyl (C=O) groups is 1. The van der Waals surface area contributed by atoms with E-state index in [4.69, 9.17) is 5.73 Å². The molecule has 2 rings (SSSR count). The summed E-state index contributed by atoms with van der Waals surface area (Å²) in [5.74, 6) is -0.530. The standard InChI is InChI=1S/C13H17N5O/c1-8-11(9(2)18(3)17-8)7-16-10-4-5-15-12(6-10)13(14)19/h4-6H,7H2,1-3H3,(H2,14,19)(H,15,16). The van der Waals surface area contributed by atoms with Crippen molar-refractivity contribution in [1.82, 2.24) is 14.8 Å². The lowest BCUT2D eigenvalue weighted by Gasteiger charge is -2.07. The first kappa shape index (κ1) is 13.1. The lowest BCUT2D eigenvalue weighted by molar-refractivity contribution is 0.0995. The molecule has 2 heterocycles. The molecule has 0 spiro atoms. The maximum Gasteiger partial charge on any atom is 0.267 e. The molecule has 0 saturated carbocycles. The predicted octanol–water partition coefficient (Wildman–Crippen LogP) is 1.14. The first-order chi connectivity index (χ1) is 8.99. The molecule has 2 aromatic rings. The number of hydrogen-bond donors (Lipinski definition) is 2. The first-order valence-electron chi connectivity index (χ1n) is 5.98. The summed E-state index contributed by atoms with van der Waals surface area (Å²) in [6.45, 7) is 4.65. The summed E-state index contributed by atoms with van der Waals surface area (Å²) in [6.07, 6.45) is 1.56. The Morgan fingerprint density at radius 1 is 1.47 bits per heavy atom. The van der Waals surface area contributed by atoms with Crippen molar-refractivity contribution >= 4 is 11.6 Å². The Kier molecular flexibility index (Phi) is 3.50. The summed E-state index contributed by atoms with van der Waals surface area (Å²) in [7, 11) is 1.92. The van der Waals surface area contributed by atoms with Crippen LogP contribution in [0.2, 0.25) is 0 Å². The zero-order chi connectivity index (χ0) is 14.0. The summed E-state index contributed by atoms with van der Waals surface area (Å²) in [6, 6.07) is 3.44. The molecule has 6 heteroatoms. The van der Waals surface area contributed by atoms with Gasteiger partial charge in [-0.2, -0.15) is 5.10 Å². The lowest BCUT2D eigenvalue weighted by atomic mass is 10.2. The lowest BCUT2D eigenvalue weighted by Crippen LogP contribution is -2.13. The Bertz CT molecular complexity index is 617. The normalized spacial score (nSPS) is 10.5. The largest absolute Gasteiger partial charge is 0.381 e. The van der Waals surface area contributed by atoms with Gasteiger partial charge in [-0.1, -0.05) is 0 Å². The molecule has 0 bridgehead atoms. The second-order valence-corrected chi connectivity index (χ2v) is 4.42. The highest BCUT2D eigenvalue weighted by atomic mass is 16.1. The molecular weight excluding hydrogens is 242 g/mol. The second-order valence-electron chi connectivity index (χ2n) is 4.42. The van der Waals surface area contributed by atoms with Crippen LogP contribution >= 0.6 is 0 Å². The number of aromatic nitrogens is 3. The van der Waals surface area contributed by atoms with E-state index in [1.807, 2.05) is 25.6 Å². The zero-order valence-electron chi connectivity index (χ0n) is 11.3. The maximum absolute atomic E-state index is 11.1.